The molecule has 1 aromatic heterocycles. The Morgan fingerprint density at radius 1 is 1.50 bits per heavy atom. The molecule has 0 saturated carbocycles. The summed E-state index contributed by atoms with van der Waals surface area (Å²) in [6, 6.07) is 0.669. The van der Waals surface area contributed by atoms with Crippen LogP contribution < -0.4 is 5.32 Å². The van der Waals surface area contributed by atoms with Gasteiger partial charge in [-0.15, -0.1) is 0 Å². The minimum Gasteiger partial charge on any atom is -0.318 e. The Labute approximate surface area is 118 Å². The zero-order valence-electron chi connectivity index (χ0n) is 11.5. The molecule has 0 amide bonds. The van der Waals surface area contributed by atoms with E-state index in [9.17, 15) is 0 Å². The fraction of sp³-hybridized carbons (Fsp3) is 0.769. The lowest BCUT2D eigenvalue weighted by molar-refractivity contribution is 0.235. The van der Waals surface area contributed by atoms with Crippen LogP contribution in [0.5, 0.6) is 0 Å². The Kier molecular flexibility index (Phi) is 4.81. The highest BCUT2D eigenvalue weighted by Gasteiger charge is 2.26. The number of aromatic nitrogens is 2. The van der Waals surface area contributed by atoms with Gasteiger partial charge in [0.2, 0.25) is 0 Å². The fourth-order valence-corrected chi connectivity index (χ4v) is 3.19. The van der Waals surface area contributed by atoms with E-state index in [0.717, 1.165) is 25.3 Å². The Hall–Kier alpha value is -0.390. The predicted octanol–water partition coefficient (Wildman–Crippen LogP) is 2.16. The maximum Gasteiger partial charge on any atom is 0.0739 e. The molecule has 4 nitrogen and oxygen atoms in total. The minimum atomic E-state index is 0.669. The standard InChI is InChI=1S/C13H23BrN4/c1-4-18-12(13(14)10(2)16-18)9-17-7-5-6-11(17)8-15-3/h11,15H,4-9H2,1-3H3. The van der Waals surface area contributed by atoms with Crippen LogP contribution in [0.4, 0.5) is 0 Å². The Balaban J connectivity index is 2.13. The first-order valence-corrected chi connectivity index (χ1v) is 7.57. The lowest BCUT2D eigenvalue weighted by Gasteiger charge is -2.24. The first kappa shape index (κ1) is 14.0. The van der Waals surface area contributed by atoms with Crippen LogP contribution in [0.2, 0.25) is 0 Å². The summed E-state index contributed by atoms with van der Waals surface area (Å²) in [5.41, 5.74) is 2.41. The van der Waals surface area contributed by atoms with Gasteiger partial charge in [0, 0.05) is 25.7 Å². The Bertz CT molecular complexity index is 402. The molecule has 2 rings (SSSR count). The fourth-order valence-electron chi connectivity index (χ4n) is 2.78. The summed E-state index contributed by atoms with van der Waals surface area (Å²) in [6.07, 6.45) is 2.61. The molecule has 0 aliphatic carbocycles. The van der Waals surface area contributed by atoms with Crippen LogP contribution in [0.3, 0.4) is 0 Å². The second-order valence-corrected chi connectivity index (χ2v) is 5.78. The third kappa shape index (κ3) is 2.78. The molecule has 1 N–H and O–H groups in total. The van der Waals surface area contributed by atoms with Crippen molar-refractivity contribution in [3.63, 3.8) is 0 Å². The van der Waals surface area contributed by atoms with Crippen molar-refractivity contribution >= 4 is 15.9 Å². The van der Waals surface area contributed by atoms with E-state index in [-0.39, 0.29) is 0 Å². The van der Waals surface area contributed by atoms with Crippen LogP contribution in [-0.2, 0) is 13.1 Å². The second-order valence-electron chi connectivity index (χ2n) is 4.99. The molecule has 1 aliphatic heterocycles. The number of halogens is 1. The highest BCUT2D eigenvalue weighted by Crippen LogP contribution is 2.26. The first-order chi connectivity index (χ1) is 8.67. The number of likely N-dealkylation sites (tertiary alicyclic amines) is 1. The molecule has 0 radical (unpaired) electrons. The van der Waals surface area contributed by atoms with Gasteiger partial charge in [-0.1, -0.05) is 0 Å². The predicted molar refractivity (Wildman–Crippen MR) is 77.7 cm³/mol. The topological polar surface area (TPSA) is 33.1 Å². The van der Waals surface area contributed by atoms with E-state index in [1.54, 1.807) is 0 Å². The molecule has 1 atom stereocenters. The van der Waals surface area contributed by atoms with Crippen molar-refractivity contribution in [2.24, 2.45) is 0 Å². The Morgan fingerprint density at radius 3 is 2.94 bits per heavy atom. The molecule has 1 saturated heterocycles. The van der Waals surface area contributed by atoms with Gasteiger partial charge in [-0.05, 0) is 56.2 Å². The third-order valence-corrected chi connectivity index (χ3v) is 4.78. The molecule has 2 heterocycles. The number of likely N-dealkylation sites (N-methyl/N-ethyl adjacent to an activating group) is 1. The Morgan fingerprint density at radius 2 is 2.28 bits per heavy atom. The number of nitrogens with zero attached hydrogens (tertiary/aromatic N) is 3. The monoisotopic (exact) mass is 314 g/mol. The largest absolute Gasteiger partial charge is 0.318 e. The van der Waals surface area contributed by atoms with Crippen molar-refractivity contribution in [3.05, 3.63) is 15.9 Å². The van der Waals surface area contributed by atoms with Crippen molar-refractivity contribution in [1.29, 1.82) is 0 Å². The van der Waals surface area contributed by atoms with Gasteiger partial charge >= 0.3 is 0 Å². The summed E-state index contributed by atoms with van der Waals surface area (Å²) in [7, 11) is 2.03. The molecule has 0 spiro atoms. The number of aryl methyl sites for hydroxylation is 2. The molecule has 1 fully saturated rings. The molecular formula is C13H23BrN4. The lowest BCUT2D eigenvalue weighted by atomic mass is 10.2. The van der Waals surface area contributed by atoms with E-state index in [4.69, 9.17) is 0 Å². The summed E-state index contributed by atoms with van der Waals surface area (Å²) >= 11 is 3.68. The van der Waals surface area contributed by atoms with Gasteiger partial charge in [-0.25, -0.2) is 0 Å². The number of nitrogens with one attached hydrogen (secondary N) is 1. The maximum atomic E-state index is 4.57. The molecule has 0 aromatic carbocycles. The van der Waals surface area contributed by atoms with Crippen molar-refractivity contribution in [2.45, 2.75) is 45.8 Å². The van der Waals surface area contributed by atoms with E-state index in [1.165, 1.54) is 29.6 Å². The molecule has 18 heavy (non-hydrogen) atoms. The summed E-state index contributed by atoms with van der Waals surface area (Å²) in [5, 5.41) is 7.87. The SMILES string of the molecule is CCn1nc(C)c(Br)c1CN1CCCC1CNC. The molecule has 0 bridgehead atoms. The van der Waals surface area contributed by atoms with Gasteiger partial charge in [-0.3, -0.25) is 9.58 Å². The summed E-state index contributed by atoms with van der Waals surface area (Å²) < 4.78 is 3.30. The average molecular weight is 315 g/mol. The van der Waals surface area contributed by atoms with Gasteiger partial charge in [-0.2, -0.15) is 5.10 Å². The number of hydrogen-bond donors (Lipinski definition) is 1. The quantitative estimate of drug-likeness (QED) is 0.904. The van der Waals surface area contributed by atoms with Crippen LogP contribution in [-0.4, -0.2) is 40.9 Å². The third-order valence-electron chi connectivity index (χ3n) is 3.74. The van der Waals surface area contributed by atoms with Gasteiger partial charge in [0.1, 0.15) is 0 Å². The molecule has 1 unspecified atom stereocenters. The maximum absolute atomic E-state index is 4.57. The summed E-state index contributed by atoms with van der Waals surface area (Å²) in [6.45, 7) is 8.43. The van der Waals surface area contributed by atoms with Gasteiger partial charge in [0.05, 0.1) is 15.9 Å². The molecule has 1 aromatic rings. The lowest BCUT2D eigenvalue weighted by Crippen LogP contribution is -2.36. The van der Waals surface area contributed by atoms with E-state index < -0.39 is 0 Å². The summed E-state index contributed by atoms with van der Waals surface area (Å²) in [4.78, 5) is 2.57. The van der Waals surface area contributed by atoms with Crippen LogP contribution in [0, 0.1) is 6.92 Å². The van der Waals surface area contributed by atoms with Crippen LogP contribution in [0.15, 0.2) is 4.47 Å². The number of hydrogen-bond acceptors (Lipinski definition) is 3. The normalized spacial score (nSPS) is 20.8. The molecule has 102 valence electrons. The number of rotatable bonds is 5. The molecule has 1 aliphatic rings. The van der Waals surface area contributed by atoms with Crippen LogP contribution in [0.25, 0.3) is 0 Å². The van der Waals surface area contributed by atoms with E-state index >= 15 is 0 Å². The zero-order valence-corrected chi connectivity index (χ0v) is 13.1. The van der Waals surface area contributed by atoms with Crippen LogP contribution in [0.1, 0.15) is 31.2 Å². The first-order valence-electron chi connectivity index (χ1n) is 6.77. The minimum absolute atomic E-state index is 0.669. The van der Waals surface area contributed by atoms with Crippen molar-refractivity contribution in [2.75, 3.05) is 20.1 Å². The van der Waals surface area contributed by atoms with Crippen LogP contribution >= 0.6 is 15.9 Å². The highest BCUT2D eigenvalue weighted by atomic mass is 79.9. The highest BCUT2D eigenvalue weighted by molar-refractivity contribution is 9.10. The average Bonchev–Trinajstić information content (AvgIpc) is 2.90. The van der Waals surface area contributed by atoms with E-state index in [1.807, 2.05) is 7.05 Å². The van der Waals surface area contributed by atoms with Crippen molar-refractivity contribution in [3.8, 4) is 0 Å². The van der Waals surface area contributed by atoms with E-state index in [0.29, 0.717) is 6.04 Å². The molecule has 5 heteroatoms. The van der Waals surface area contributed by atoms with Crippen molar-refractivity contribution in [1.82, 2.24) is 20.0 Å². The van der Waals surface area contributed by atoms with Gasteiger partial charge in [0.25, 0.3) is 0 Å². The smallest absolute Gasteiger partial charge is 0.0739 e. The van der Waals surface area contributed by atoms with Gasteiger partial charge in [0.15, 0.2) is 0 Å². The van der Waals surface area contributed by atoms with E-state index in [2.05, 4.69) is 49.8 Å². The zero-order chi connectivity index (χ0) is 13.1. The van der Waals surface area contributed by atoms with Gasteiger partial charge < -0.3 is 5.32 Å². The molecular weight excluding hydrogens is 292 g/mol. The summed E-state index contributed by atoms with van der Waals surface area (Å²) in [5.74, 6) is 0. The second kappa shape index (κ2) is 6.17. The van der Waals surface area contributed by atoms with Crippen molar-refractivity contribution < 1.29 is 0 Å².